The van der Waals surface area contributed by atoms with E-state index >= 15 is 0 Å². The van der Waals surface area contributed by atoms with Gasteiger partial charge in [-0.15, -0.1) is 0 Å². The van der Waals surface area contributed by atoms with Crippen LogP contribution in [0.1, 0.15) is 30.0 Å². The molecule has 1 unspecified atom stereocenters. The second kappa shape index (κ2) is 5.55. The van der Waals surface area contributed by atoms with Gasteiger partial charge in [-0.25, -0.2) is 0 Å². The fourth-order valence-corrected chi connectivity index (χ4v) is 2.01. The number of hydrogen-bond acceptors (Lipinski definition) is 3. The van der Waals surface area contributed by atoms with Crippen LogP contribution in [0.3, 0.4) is 0 Å². The first-order chi connectivity index (χ1) is 8.56. The maximum absolute atomic E-state index is 5.89. The van der Waals surface area contributed by atoms with Crippen LogP contribution >= 0.6 is 11.6 Å². The summed E-state index contributed by atoms with van der Waals surface area (Å²) in [6.45, 7) is 4.83. The van der Waals surface area contributed by atoms with Crippen molar-refractivity contribution in [3.05, 3.63) is 52.4 Å². The second-order valence-electron chi connectivity index (χ2n) is 4.57. The lowest BCUT2D eigenvalue weighted by Crippen LogP contribution is -2.22. The number of benzene rings is 1. The maximum Gasteiger partial charge on any atom is 0.133 e. The van der Waals surface area contributed by atoms with Crippen molar-refractivity contribution < 1.29 is 4.52 Å². The van der Waals surface area contributed by atoms with Crippen LogP contribution in [0.15, 0.2) is 34.9 Å². The zero-order valence-electron chi connectivity index (χ0n) is 10.9. The molecule has 1 aromatic heterocycles. The van der Waals surface area contributed by atoms with Crippen molar-refractivity contribution in [2.24, 2.45) is 0 Å². The van der Waals surface area contributed by atoms with E-state index in [1.54, 1.807) is 0 Å². The molecule has 2 rings (SSSR count). The Bertz CT molecular complexity index is 507. The zero-order chi connectivity index (χ0) is 13.1. The van der Waals surface area contributed by atoms with Crippen molar-refractivity contribution >= 4 is 11.6 Å². The smallest absolute Gasteiger partial charge is 0.133 e. The van der Waals surface area contributed by atoms with Crippen LogP contribution in [-0.4, -0.2) is 17.1 Å². The van der Waals surface area contributed by atoms with Crippen molar-refractivity contribution in [3.63, 3.8) is 0 Å². The molecule has 0 saturated heterocycles. The lowest BCUT2D eigenvalue weighted by molar-refractivity contribution is 0.244. The molecule has 4 heteroatoms. The Morgan fingerprint density at radius 2 is 2.00 bits per heavy atom. The first-order valence-electron chi connectivity index (χ1n) is 5.94. The van der Waals surface area contributed by atoms with E-state index in [1.165, 1.54) is 5.56 Å². The average molecular weight is 265 g/mol. The first kappa shape index (κ1) is 13.1. The van der Waals surface area contributed by atoms with Gasteiger partial charge in [0.25, 0.3) is 0 Å². The molecule has 1 heterocycles. The van der Waals surface area contributed by atoms with Crippen LogP contribution in [0.5, 0.6) is 0 Å². The van der Waals surface area contributed by atoms with Gasteiger partial charge in [-0.2, -0.15) is 0 Å². The third-order valence-electron chi connectivity index (χ3n) is 3.10. The minimum absolute atomic E-state index is 0.305. The molecule has 0 aliphatic heterocycles. The highest BCUT2D eigenvalue weighted by Gasteiger charge is 2.13. The molecule has 0 fully saturated rings. The van der Waals surface area contributed by atoms with Gasteiger partial charge in [0, 0.05) is 23.7 Å². The van der Waals surface area contributed by atoms with Gasteiger partial charge in [-0.3, -0.25) is 4.90 Å². The van der Waals surface area contributed by atoms with E-state index in [1.807, 2.05) is 25.1 Å². The SMILES string of the molecule is Cc1cc(CN(C)C(C)c2ccc(Cl)cc2)no1. The molecule has 1 atom stereocenters. The number of hydrogen-bond donors (Lipinski definition) is 0. The van der Waals surface area contributed by atoms with Crippen molar-refractivity contribution in [3.8, 4) is 0 Å². The van der Waals surface area contributed by atoms with E-state index in [-0.39, 0.29) is 0 Å². The van der Waals surface area contributed by atoms with Gasteiger partial charge in [0.15, 0.2) is 0 Å². The summed E-state index contributed by atoms with van der Waals surface area (Å²) in [6.07, 6.45) is 0. The van der Waals surface area contributed by atoms with Gasteiger partial charge >= 0.3 is 0 Å². The Morgan fingerprint density at radius 1 is 1.33 bits per heavy atom. The summed E-state index contributed by atoms with van der Waals surface area (Å²) in [4.78, 5) is 2.22. The Labute approximate surface area is 112 Å². The zero-order valence-corrected chi connectivity index (χ0v) is 11.6. The van der Waals surface area contributed by atoms with Crippen LogP contribution in [0.4, 0.5) is 0 Å². The van der Waals surface area contributed by atoms with Crippen molar-refractivity contribution in [2.45, 2.75) is 26.4 Å². The summed E-state index contributed by atoms with van der Waals surface area (Å²) in [7, 11) is 2.07. The minimum atomic E-state index is 0.305. The molecule has 18 heavy (non-hydrogen) atoms. The lowest BCUT2D eigenvalue weighted by Gasteiger charge is -2.24. The van der Waals surface area contributed by atoms with Crippen molar-refractivity contribution in [1.29, 1.82) is 0 Å². The predicted molar refractivity (Wildman–Crippen MR) is 72.6 cm³/mol. The number of aryl methyl sites for hydroxylation is 1. The highest BCUT2D eigenvalue weighted by Crippen LogP contribution is 2.22. The minimum Gasteiger partial charge on any atom is -0.361 e. The van der Waals surface area contributed by atoms with Gasteiger partial charge in [0.05, 0.1) is 5.69 Å². The standard InChI is InChI=1S/C14H17ClN2O/c1-10-8-14(16-18-10)9-17(3)11(2)12-4-6-13(15)7-5-12/h4-8,11H,9H2,1-3H3. The number of aromatic nitrogens is 1. The maximum atomic E-state index is 5.89. The van der Waals surface area contributed by atoms with E-state index in [2.05, 4.69) is 36.2 Å². The van der Waals surface area contributed by atoms with Crippen LogP contribution in [0.2, 0.25) is 5.02 Å². The monoisotopic (exact) mass is 264 g/mol. The molecule has 0 saturated carbocycles. The highest BCUT2D eigenvalue weighted by atomic mass is 35.5. The number of halogens is 1. The summed E-state index contributed by atoms with van der Waals surface area (Å²) < 4.78 is 5.07. The van der Waals surface area contributed by atoms with E-state index in [9.17, 15) is 0 Å². The molecule has 3 nitrogen and oxygen atoms in total. The first-order valence-corrected chi connectivity index (χ1v) is 6.32. The predicted octanol–water partition coefficient (Wildman–Crippen LogP) is 3.83. The van der Waals surface area contributed by atoms with E-state index in [4.69, 9.17) is 16.1 Å². The molecule has 0 amide bonds. The molecule has 0 aliphatic rings. The fraction of sp³-hybridized carbons (Fsp3) is 0.357. The van der Waals surface area contributed by atoms with Gasteiger partial charge in [-0.05, 0) is 38.6 Å². The Morgan fingerprint density at radius 3 is 2.56 bits per heavy atom. The van der Waals surface area contributed by atoms with E-state index in [0.717, 1.165) is 23.0 Å². The van der Waals surface area contributed by atoms with Crippen molar-refractivity contribution in [2.75, 3.05) is 7.05 Å². The lowest BCUT2D eigenvalue weighted by atomic mass is 10.1. The average Bonchev–Trinajstić information content (AvgIpc) is 2.75. The molecule has 0 bridgehead atoms. The molecular weight excluding hydrogens is 248 g/mol. The molecule has 0 radical (unpaired) electrons. The van der Waals surface area contributed by atoms with Crippen LogP contribution < -0.4 is 0 Å². The van der Waals surface area contributed by atoms with Gasteiger partial charge in [0.1, 0.15) is 5.76 Å². The number of rotatable bonds is 4. The summed E-state index contributed by atoms with van der Waals surface area (Å²) in [5.74, 6) is 0.845. The molecule has 0 N–H and O–H groups in total. The second-order valence-corrected chi connectivity index (χ2v) is 5.01. The van der Waals surface area contributed by atoms with Gasteiger partial charge < -0.3 is 4.52 Å². The summed E-state index contributed by atoms with van der Waals surface area (Å²) in [6, 6.07) is 10.2. The molecule has 0 aliphatic carbocycles. The molecule has 2 aromatic rings. The quantitative estimate of drug-likeness (QED) is 0.840. The van der Waals surface area contributed by atoms with E-state index in [0.29, 0.717) is 6.04 Å². The Kier molecular flexibility index (Phi) is 4.04. The Hall–Kier alpha value is -1.32. The molecule has 1 aromatic carbocycles. The number of nitrogens with zero attached hydrogens (tertiary/aromatic N) is 2. The topological polar surface area (TPSA) is 29.3 Å². The highest BCUT2D eigenvalue weighted by molar-refractivity contribution is 6.30. The van der Waals surface area contributed by atoms with E-state index < -0.39 is 0 Å². The molecule has 96 valence electrons. The summed E-state index contributed by atoms with van der Waals surface area (Å²) in [5, 5.41) is 4.77. The van der Waals surface area contributed by atoms with Gasteiger partial charge in [-0.1, -0.05) is 28.9 Å². The summed E-state index contributed by atoms with van der Waals surface area (Å²) >= 11 is 5.89. The van der Waals surface area contributed by atoms with Gasteiger partial charge in [0.2, 0.25) is 0 Å². The fourth-order valence-electron chi connectivity index (χ4n) is 1.88. The largest absolute Gasteiger partial charge is 0.361 e. The van der Waals surface area contributed by atoms with Crippen LogP contribution in [0, 0.1) is 6.92 Å². The van der Waals surface area contributed by atoms with Crippen molar-refractivity contribution in [1.82, 2.24) is 10.1 Å². The normalized spacial score (nSPS) is 12.9. The third kappa shape index (κ3) is 3.12. The summed E-state index contributed by atoms with van der Waals surface area (Å²) in [5.41, 5.74) is 2.19. The van der Waals surface area contributed by atoms with Crippen LogP contribution in [0.25, 0.3) is 0 Å². The third-order valence-corrected chi connectivity index (χ3v) is 3.35. The molecular formula is C14H17ClN2O. The van der Waals surface area contributed by atoms with Crippen LogP contribution in [-0.2, 0) is 6.54 Å². The molecule has 0 spiro atoms. The Balaban J connectivity index is 2.04.